The van der Waals surface area contributed by atoms with Gasteiger partial charge in [0.1, 0.15) is 11.6 Å². The van der Waals surface area contributed by atoms with Crippen LogP contribution in [0.3, 0.4) is 0 Å². The summed E-state index contributed by atoms with van der Waals surface area (Å²) >= 11 is 3.31. The maximum atomic E-state index is 13.0. The van der Waals surface area contributed by atoms with Gasteiger partial charge in [-0.1, -0.05) is 22.0 Å². The molecule has 0 aliphatic carbocycles. The first-order valence-electron chi connectivity index (χ1n) is 5.41. The van der Waals surface area contributed by atoms with E-state index in [1.165, 1.54) is 12.1 Å². The first-order valence-corrected chi connectivity index (χ1v) is 6.21. The number of pyridine rings is 1. The first-order chi connectivity index (χ1) is 8.49. The van der Waals surface area contributed by atoms with E-state index in [2.05, 4.69) is 20.9 Å². The van der Waals surface area contributed by atoms with Crippen LogP contribution in [0.25, 0.3) is 0 Å². The van der Waals surface area contributed by atoms with Crippen LogP contribution in [0.5, 0.6) is 0 Å². The van der Waals surface area contributed by atoms with Gasteiger partial charge in [-0.25, -0.2) is 9.37 Å². The summed E-state index contributed by atoms with van der Waals surface area (Å²) in [6, 6.07) is 5.86. The van der Waals surface area contributed by atoms with Crippen molar-refractivity contribution in [3.8, 4) is 0 Å². The van der Waals surface area contributed by atoms with Crippen LogP contribution in [0.2, 0.25) is 0 Å². The summed E-state index contributed by atoms with van der Waals surface area (Å²) in [4.78, 5) is 4.08. The van der Waals surface area contributed by atoms with Crippen LogP contribution in [0.15, 0.2) is 34.9 Å². The van der Waals surface area contributed by atoms with E-state index in [0.717, 1.165) is 16.7 Å². The molecule has 1 atom stereocenters. The largest absolute Gasteiger partial charge is 0.383 e. The second-order valence-electron chi connectivity index (χ2n) is 4.13. The second-order valence-corrected chi connectivity index (χ2v) is 4.98. The van der Waals surface area contributed by atoms with Crippen LogP contribution >= 0.6 is 15.9 Å². The number of halogens is 2. The summed E-state index contributed by atoms with van der Waals surface area (Å²) in [5.41, 5.74) is 14.5. The van der Waals surface area contributed by atoms with Gasteiger partial charge >= 0.3 is 0 Å². The average Bonchev–Trinajstić information content (AvgIpc) is 2.31. The molecule has 1 aromatic heterocycles. The minimum Gasteiger partial charge on any atom is -0.383 e. The number of hydrogen-bond donors (Lipinski definition) is 2. The van der Waals surface area contributed by atoms with Crippen molar-refractivity contribution in [1.29, 1.82) is 0 Å². The molecule has 4 N–H and O–H groups in total. The molecule has 0 aliphatic heterocycles. The molecular weight excluding hydrogens is 297 g/mol. The molecule has 0 saturated heterocycles. The summed E-state index contributed by atoms with van der Waals surface area (Å²) in [7, 11) is 0. The van der Waals surface area contributed by atoms with E-state index in [0.29, 0.717) is 10.3 Å². The smallest absolute Gasteiger partial charge is 0.128 e. The maximum Gasteiger partial charge on any atom is 0.128 e. The van der Waals surface area contributed by atoms with E-state index in [1.54, 1.807) is 12.3 Å². The van der Waals surface area contributed by atoms with Gasteiger partial charge in [0, 0.05) is 16.2 Å². The minimum atomic E-state index is -0.438. The van der Waals surface area contributed by atoms with E-state index in [1.807, 2.05) is 13.0 Å². The molecule has 1 heterocycles. The highest BCUT2D eigenvalue weighted by Crippen LogP contribution is 2.29. The monoisotopic (exact) mass is 309 g/mol. The summed E-state index contributed by atoms with van der Waals surface area (Å²) in [5, 5.41) is 0. The summed E-state index contributed by atoms with van der Waals surface area (Å²) in [6.45, 7) is 1.92. The van der Waals surface area contributed by atoms with Crippen LogP contribution in [0, 0.1) is 12.7 Å². The van der Waals surface area contributed by atoms with Gasteiger partial charge in [0.2, 0.25) is 0 Å². The molecule has 0 saturated carbocycles. The number of nitrogens with zero attached hydrogens (tertiary/aromatic N) is 1. The Morgan fingerprint density at radius 2 is 2.00 bits per heavy atom. The molecule has 0 fully saturated rings. The molecule has 1 aromatic carbocycles. The molecule has 2 rings (SSSR count). The van der Waals surface area contributed by atoms with Crippen molar-refractivity contribution in [2.24, 2.45) is 5.73 Å². The highest BCUT2D eigenvalue weighted by atomic mass is 79.9. The van der Waals surface area contributed by atoms with Gasteiger partial charge in [-0.2, -0.15) is 0 Å². The zero-order chi connectivity index (χ0) is 13.3. The molecule has 3 nitrogen and oxygen atoms in total. The fourth-order valence-electron chi connectivity index (χ4n) is 1.77. The Labute approximate surface area is 113 Å². The Morgan fingerprint density at radius 1 is 1.28 bits per heavy atom. The Hall–Kier alpha value is -1.46. The third-order valence-corrected chi connectivity index (χ3v) is 3.41. The standard InChI is InChI=1S/C13H13BrFN3/c1-7-4-10(13(17)18-6-7)12(16)9-3-2-8(15)5-11(9)14/h2-6,12H,16H2,1H3,(H2,17,18). The van der Waals surface area contributed by atoms with E-state index in [-0.39, 0.29) is 5.82 Å². The average molecular weight is 310 g/mol. The number of rotatable bonds is 2. The van der Waals surface area contributed by atoms with Crippen molar-refractivity contribution in [2.45, 2.75) is 13.0 Å². The highest BCUT2D eigenvalue weighted by Gasteiger charge is 2.16. The fourth-order valence-corrected chi connectivity index (χ4v) is 2.37. The third-order valence-electron chi connectivity index (χ3n) is 2.72. The molecule has 18 heavy (non-hydrogen) atoms. The second kappa shape index (κ2) is 5.04. The molecular formula is C13H13BrFN3. The molecule has 2 aromatic rings. The third kappa shape index (κ3) is 2.52. The summed E-state index contributed by atoms with van der Waals surface area (Å²) < 4.78 is 13.7. The summed E-state index contributed by atoms with van der Waals surface area (Å²) in [5.74, 6) is 0.0810. The van der Waals surface area contributed by atoms with Crippen LogP contribution in [-0.4, -0.2) is 4.98 Å². The number of nitrogen functional groups attached to an aromatic ring is 1. The van der Waals surface area contributed by atoms with Crippen LogP contribution in [0.1, 0.15) is 22.7 Å². The van der Waals surface area contributed by atoms with Crippen molar-refractivity contribution in [2.75, 3.05) is 5.73 Å². The lowest BCUT2D eigenvalue weighted by Crippen LogP contribution is -2.15. The van der Waals surface area contributed by atoms with Gasteiger partial charge in [0.25, 0.3) is 0 Å². The Bertz CT molecular complexity index is 586. The van der Waals surface area contributed by atoms with Gasteiger partial charge < -0.3 is 11.5 Å². The van der Waals surface area contributed by atoms with Gasteiger partial charge in [-0.15, -0.1) is 0 Å². The first kappa shape index (κ1) is 13.0. The molecule has 0 aliphatic rings. The molecule has 94 valence electrons. The molecule has 0 amide bonds. The Morgan fingerprint density at radius 3 is 2.67 bits per heavy atom. The van der Waals surface area contributed by atoms with Crippen molar-refractivity contribution < 1.29 is 4.39 Å². The van der Waals surface area contributed by atoms with E-state index in [9.17, 15) is 4.39 Å². The lowest BCUT2D eigenvalue weighted by atomic mass is 9.99. The predicted octanol–water partition coefficient (Wildman–Crippen LogP) is 2.92. The van der Waals surface area contributed by atoms with Crippen molar-refractivity contribution in [3.63, 3.8) is 0 Å². The fraction of sp³-hybridized carbons (Fsp3) is 0.154. The zero-order valence-electron chi connectivity index (χ0n) is 9.82. The van der Waals surface area contributed by atoms with Gasteiger partial charge in [0.15, 0.2) is 0 Å². The highest BCUT2D eigenvalue weighted by molar-refractivity contribution is 9.10. The quantitative estimate of drug-likeness (QED) is 0.896. The van der Waals surface area contributed by atoms with Crippen molar-refractivity contribution >= 4 is 21.7 Å². The molecule has 5 heteroatoms. The minimum absolute atomic E-state index is 0.312. The van der Waals surface area contributed by atoms with Crippen molar-refractivity contribution in [1.82, 2.24) is 4.98 Å². The summed E-state index contributed by atoms with van der Waals surface area (Å²) in [6.07, 6.45) is 1.69. The molecule has 0 radical (unpaired) electrons. The van der Waals surface area contributed by atoms with Crippen molar-refractivity contribution in [3.05, 3.63) is 57.4 Å². The number of aromatic nitrogens is 1. The van der Waals surface area contributed by atoms with Gasteiger partial charge in [-0.3, -0.25) is 0 Å². The Balaban J connectivity index is 2.47. The molecule has 1 unspecified atom stereocenters. The topological polar surface area (TPSA) is 64.9 Å². The normalized spacial score (nSPS) is 12.4. The van der Waals surface area contributed by atoms with Crippen LogP contribution in [-0.2, 0) is 0 Å². The molecule has 0 bridgehead atoms. The molecule has 0 spiro atoms. The SMILES string of the molecule is Cc1cnc(N)c(C(N)c2ccc(F)cc2Br)c1. The lowest BCUT2D eigenvalue weighted by Gasteiger charge is -2.16. The number of nitrogens with two attached hydrogens (primary N) is 2. The number of anilines is 1. The lowest BCUT2D eigenvalue weighted by molar-refractivity contribution is 0.625. The van der Waals surface area contributed by atoms with E-state index in [4.69, 9.17) is 11.5 Å². The van der Waals surface area contributed by atoms with Gasteiger partial charge in [0.05, 0.1) is 6.04 Å². The van der Waals surface area contributed by atoms with Crippen LogP contribution in [0.4, 0.5) is 10.2 Å². The zero-order valence-corrected chi connectivity index (χ0v) is 11.4. The predicted molar refractivity (Wildman–Crippen MR) is 73.5 cm³/mol. The number of hydrogen-bond acceptors (Lipinski definition) is 3. The number of aryl methyl sites for hydroxylation is 1. The van der Waals surface area contributed by atoms with Gasteiger partial charge in [-0.05, 0) is 36.2 Å². The van der Waals surface area contributed by atoms with E-state index < -0.39 is 6.04 Å². The number of benzene rings is 1. The van der Waals surface area contributed by atoms with E-state index >= 15 is 0 Å². The Kier molecular flexibility index (Phi) is 3.63. The van der Waals surface area contributed by atoms with Crippen LogP contribution < -0.4 is 11.5 Å². The maximum absolute atomic E-state index is 13.0.